The third-order valence-electron chi connectivity index (χ3n) is 4.72. The Balaban J connectivity index is 1.82. The zero-order valence-corrected chi connectivity index (χ0v) is 16.4. The van der Waals surface area contributed by atoms with Crippen LogP contribution in [0.5, 0.6) is 5.75 Å². The summed E-state index contributed by atoms with van der Waals surface area (Å²) in [6.07, 6.45) is 0.160. The Labute approximate surface area is 162 Å². The highest BCUT2D eigenvalue weighted by Crippen LogP contribution is 2.20. The van der Waals surface area contributed by atoms with Gasteiger partial charge >= 0.3 is 0 Å². The Kier molecular flexibility index (Phi) is 5.43. The molecule has 9 heteroatoms. The molecule has 2 N–H and O–H groups in total. The van der Waals surface area contributed by atoms with E-state index in [2.05, 4.69) is 15.1 Å². The lowest BCUT2D eigenvalue weighted by atomic mass is 10.1. The molecule has 2 heterocycles. The van der Waals surface area contributed by atoms with Gasteiger partial charge in [-0.15, -0.1) is 5.10 Å². The molecule has 1 aromatic carbocycles. The van der Waals surface area contributed by atoms with E-state index in [0.29, 0.717) is 30.1 Å². The molecular formula is C19H23FN6O2. The smallest absolute Gasteiger partial charge is 0.254 e. The van der Waals surface area contributed by atoms with E-state index in [0.717, 1.165) is 11.3 Å². The quantitative estimate of drug-likeness (QED) is 0.696. The number of likely N-dealkylation sites (N-methyl/N-ethyl adjacent to an activating group) is 1. The second-order valence-electron chi connectivity index (χ2n) is 6.50. The van der Waals surface area contributed by atoms with Crippen LogP contribution in [0.1, 0.15) is 29.4 Å². The van der Waals surface area contributed by atoms with Gasteiger partial charge in [-0.05, 0) is 38.5 Å². The van der Waals surface area contributed by atoms with Crippen molar-refractivity contribution in [2.24, 2.45) is 0 Å². The Hall–Kier alpha value is -3.23. The van der Waals surface area contributed by atoms with Crippen molar-refractivity contribution in [2.45, 2.75) is 33.7 Å². The number of nitrogens with zero attached hydrogens (tertiary/aromatic N) is 5. The van der Waals surface area contributed by atoms with Crippen LogP contribution in [-0.2, 0) is 17.8 Å². The molecule has 1 amide bonds. The number of aromatic nitrogens is 4. The molecule has 0 atom stereocenters. The molecule has 3 rings (SSSR count). The maximum absolute atomic E-state index is 13.9. The van der Waals surface area contributed by atoms with Crippen molar-refractivity contribution in [3.63, 3.8) is 0 Å². The number of nitrogen functional groups attached to an aromatic ring is 1. The van der Waals surface area contributed by atoms with Crippen molar-refractivity contribution in [3.8, 4) is 5.75 Å². The van der Waals surface area contributed by atoms with Gasteiger partial charge in [-0.25, -0.2) is 9.37 Å². The summed E-state index contributed by atoms with van der Waals surface area (Å²) in [4.78, 5) is 23.0. The highest BCUT2D eigenvalue weighted by atomic mass is 19.1. The summed E-state index contributed by atoms with van der Waals surface area (Å²) >= 11 is 0. The van der Waals surface area contributed by atoms with E-state index < -0.39 is 5.82 Å². The zero-order valence-electron chi connectivity index (χ0n) is 16.4. The van der Waals surface area contributed by atoms with Gasteiger partial charge in [0.25, 0.3) is 5.78 Å². The summed E-state index contributed by atoms with van der Waals surface area (Å²) in [7, 11) is 1.41. The molecule has 2 aromatic heterocycles. The maximum Gasteiger partial charge on any atom is 0.254 e. The number of amides is 1. The summed E-state index contributed by atoms with van der Waals surface area (Å²) in [6, 6.07) is 4.70. The topological polar surface area (TPSA) is 98.6 Å². The van der Waals surface area contributed by atoms with Crippen LogP contribution in [0.4, 0.5) is 10.3 Å². The van der Waals surface area contributed by atoms with Crippen molar-refractivity contribution < 1.29 is 13.9 Å². The number of hydrogen-bond donors (Lipinski definition) is 1. The third kappa shape index (κ3) is 3.73. The van der Waals surface area contributed by atoms with E-state index in [1.807, 2.05) is 20.8 Å². The predicted molar refractivity (Wildman–Crippen MR) is 102 cm³/mol. The van der Waals surface area contributed by atoms with Crippen molar-refractivity contribution in [1.29, 1.82) is 0 Å². The van der Waals surface area contributed by atoms with Gasteiger partial charge in [0.1, 0.15) is 0 Å². The minimum absolute atomic E-state index is 0.0841. The van der Waals surface area contributed by atoms with E-state index in [-0.39, 0.29) is 24.0 Å². The molecule has 0 aliphatic carbocycles. The number of nitrogens with two attached hydrogens (primary N) is 1. The van der Waals surface area contributed by atoms with Crippen LogP contribution < -0.4 is 10.5 Å². The second kappa shape index (κ2) is 7.79. The molecule has 0 aliphatic heterocycles. The van der Waals surface area contributed by atoms with Gasteiger partial charge in [0.15, 0.2) is 11.6 Å². The minimum Gasteiger partial charge on any atom is -0.494 e. The van der Waals surface area contributed by atoms with Gasteiger partial charge in [0.05, 0.1) is 13.5 Å². The predicted octanol–water partition coefficient (Wildman–Crippen LogP) is 2.06. The SMILES string of the molecule is CCN(Cc1ccc(OC)c(F)c1)C(=O)Cc1c(C)nc2nc(N)nn2c1C. The van der Waals surface area contributed by atoms with E-state index in [9.17, 15) is 9.18 Å². The molecular weight excluding hydrogens is 363 g/mol. The molecule has 0 saturated carbocycles. The minimum atomic E-state index is -0.450. The molecule has 0 saturated heterocycles. The monoisotopic (exact) mass is 386 g/mol. The van der Waals surface area contributed by atoms with Crippen molar-refractivity contribution in [2.75, 3.05) is 19.4 Å². The molecule has 0 unspecified atom stereocenters. The van der Waals surface area contributed by atoms with Gasteiger partial charge in [-0.2, -0.15) is 9.50 Å². The maximum atomic E-state index is 13.9. The summed E-state index contributed by atoms with van der Waals surface area (Å²) < 4.78 is 20.4. The van der Waals surface area contributed by atoms with Crippen LogP contribution in [0.2, 0.25) is 0 Å². The lowest BCUT2D eigenvalue weighted by Gasteiger charge is -2.22. The van der Waals surface area contributed by atoms with Gasteiger partial charge < -0.3 is 15.4 Å². The van der Waals surface area contributed by atoms with Crippen LogP contribution >= 0.6 is 0 Å². The first kappa shape index (κ1) is 19.5. The normalized spacial score (nSPS) is 11.0. The van der Waals surface area contributed by atoms with Gasteiger partial charge in [-0.3, -0.25) is 4.79 Å². The Morgan fingerprint density at radius 1 is 1.32 bits per heavy atom. The molecule has 3 aromatic rings. The Morgan fingerprint density at radius 2 is 2.07 bits per heavy atom. The summed E-state index contributed by atoms with van der Waals surface area (Å²) in [5.74, 6) is 0.184. The number of carbonyl (C=O) groups is 1. The van der Waals surface area contributed by atoms with Gasteiger partial charge in [0, 0.05) is 30.0 Å². The van der Waals surface area contributed by atoms with Crippen molar-refractivity contribution in [3.05, 3.63) is 46.5 Å². The zero-order chi connectivity index (χ0) is 20.4. The molecule has 0 bridgehead atoms. The first-order valence-corrected chi connectivity index (χ1v) is 8.92. The number of anilines is 1. The number of rotatable bonds is 6. The highest BCUT2D eigenvalue weighted by Gasteiger charge is 2.19. The average Bonchev–Trinajstić information content (AvgIpc) is 3.03. The first-order chi connectivity index (χ1) is 13.3. The molecule has 148 valence electrons. The molecule has 0 spiro atoms. The molecule has 0 fully saturated rings. The third-order valence-corrected chi connectivity index (χ3v) is 4.72. The van der Waals surface area contributed by atoms with Crippen LogP contribution in [-0.4, -0.2) is 44.0 Å². The first-order valence-electron chi connectivity index (χ1n) is 8.92. The fraction of sp³-hybridized carbons (Fsp3) is 0.368. The van der Waals surface area contributed by atoms with E-state index in [1.165, 1.54) is 13.2 Å². The Morgan fingerprint density at radius 3 is 2.71 bits per heavy atom. The fourth-order valence-corrected chi connectivity index (χ4v) is 3.15. The van der Waals surface area contributed by atoms with E-state index in [4.69, 9.17) is 10.5 Å². The Bertz CT molecular complexity index is 1030. The van der Waals surface area contributed by atoms with Crippen molar-refractivity contribution in [1.82, 2.24) is 24.5 Å². The summed E-state index contributed by atoms with van der Waals surface area (Å²) in [5, 5.41) is 4.12. The lowest BCUT2D eigenvalue weighted by molar-refractivity contribution is -0.130. The van der Waals surface area contributed by atoms with Crippen LogP contribution in [0.15, 0.2) is 18.2 Å². The number of halogens is 1. The number of methoxy groups -OCH3 is 1. The van der Waals surface area contributed by atoms with Gasteiger partial charge in [-0.1, -0.05) is 6.07 Å². The fourth-order valence-electron chi connectivity index (χ4n) is 3.15. The number of hydrogen-bond acceptors (Lipinski definition) is 6. The number of fused-ring (bicyclic) bond motifs is 1. The largest absolute Gasteiger partial charge is 0.494 e. The van der Waals surface area contributed by atoms with Crippen molar-refractivity contribution >= 4 is 17.6 Å². The van der Waals surface area contributed by atoms with E-state index >= 15 is 0 Å². The molecule has 0 radical (unpaired) electrons. The van der Waals surface area contributed by atoms with Crippen LogP contribution in [0.3, 0.4) is 0 Å². The average molecular weight is 386 g/mol. The molecule has 28 heavy (non-hydrogen) atoms. The highest BCUT2D eigenvalue weighted by molar-refractivity contribution is 5.79. The number of aryl methyl sites for hydroxylation is 2. The second-order valence-corrected chi connectivity index (χ2v) is 6.50. The molecule has 0 aliphatic rings. The number of carbonyl (C=O) groups excluding carboxylic acids is 1. The van der Waals surface area contributed by atoms with E-state index in [1.54, 1.807) is 21.5 Å². The summed E-state index contributed by atoms with van der Waals surface area (Å²) in [6.45, 7) is 6.37. The van der Waals surface area contributed by atoms with Crippen LogP contribution in [0, 0.1) is 19.7 Å². The molecule has 8 nitrogen and oxygen atoms in total. The van der Waals surface area contributed by atoms with Gasteiger partial charge in [0.2, 0.25) is 11.9 Å². The number of benzene rings is 1. The standard InChI is InChI=1S/C19H23FN6O2/c1-5-25(10-13-6-7-16(28-4)15(20)8-13)17(27)9-14-11(2)22-19-23-18(21)24-26(19)12(14)3/h6-8H,5,9-10H2,1-4H3,(H2,21,24). The van der Waals surface area contributed by atoms with Crippen LogP contribution in [0.25, 0.3) is 5.78 Å². The summed E-state index contributed by atoms with van der Waals surface area (Å²) in [5.41, 5.74) is 8.60. The lowest BCUT2D eigenvalue weighted by Crippen LogP contribution is -2.32. The number of ether oxygens (including phenoxy) is 1.